The van der Waals surface area contributed by atoms with E-state index < -0.39 is 7.12 Å². The molecular formula is C19H26BNO2. The van der Waals surface area contributed by atoms with Gasteiger partial charge >= 0.3 is 7.12 Å². The zero-order valence-electron chi connectivity index (χ0n) is 14.9. The molecule has 4 heteroatoms. The highest BCUT2D eigenvalue weighted by molar-refractivity contribution is 6.60. The first-order valence-electron chi connectivity index (χ1n) is 7.98. The molecule has 2 aromatic rings. The third-order valence-corrected chi connectivity index (χ3v) is 3.99. The molecule has 23 heavy (non-hydrogen) atoms. The molecule has 0 atom stereocenters. The maximum Gasteiger partial charge on any atom is 0.489 e. The van der Waals surface area contributed by atoms with Gasteiger partial charge in [-0.05, 0) is 34.6 Å². The van der Waals surface area contributed by atoms with E-state index >= 15 is 0 Å². The third kappa shape index (κ3) is 4.01. The summed E-state index contributed by atoms with van der Waals surface area (Å²) in [6, 6.07) is 11.6. The van der Waals surface area contributed by atoms with Crippen molar-refractivity contribution in [2.24, 2.45) is 0 Å². The second-order valence-corrected chi connectivity index (χ2v) is 8.08. The topological polar surface area (TPSA) is 53.4 Å². The van der Waals surface area contributed by atoms with Gasteiger partial charge < -0.3 is 10.0 Å². The van der Waals surface area contributed by atoms with Crippen LogP contribution in [0.15, 0.2) is 36.4 Å². The van der Waals surface area contributed by atoms with Gasteiger partial charge in [-0.15, -0.1) is 0 Å². The Morgan fingerprint density at radius 2 is 1.52 bits per heavy atom. The van der Waals surface area contributed by atoms with Crippen LogP contribution in [0.1, 0.15) is 52.8 Å². The minimum atomic E-state index is -1.51. The summed E-state index contributed by atoms with van der Waals surface area (Å²) in [6.07, 6.45) is 0. The van der Waals surface area contributed by atoms with Crippen LogP contribution < -0.4 is 5.46 Å². The summed E-state index contributed by atoms with van der Waals surface area (Å²) in [5.41, 5.74) is 4.07. The molecule has 122 valence electrons. The number of benzene rings is 1. The molecule has 0 aliphatic rings. The summed E-state index contributed by atoms with van der Waals surface area (Å²) in [4.78, 5) is 4.76. The molecule has 0 bridgehead atoms. The average molecular weight is 311 g/mol. The Kier molecular flexibility index (Phi) is 4.70. The largest absolute Gasteiger partial charge is 0.489 e. The van der Waals surface area contributed by atoms with E-state index in [0.29, 0.717) is 5.46 Å². The van der Waals surface area contributed by atoms with Gasteiger partial charge in [-0.3, -0.25) is 4.98 Å². The standard InChI is InChI=1S/C19H26BNO2/c1-18(2,3)13-10-11-15(20(22)23)14(12-13)16-8-7-9-17(21-16)19(4,5)6/h7-12,22-23H,1-6H3. The molecule has 0 spiro atoms. The fourth-order valence-electron chi connectivity index (χ4n) is 2.47. The molecule has 0 amide bonds. The van der Waals surface area contributed by atoms with Crippen LogP contribution >= 0.6 is 0 Å². The summed E-state index contributed by atoms with van der Waals surface area (Å²) < 4.78 is 0. The minimum Gasteiger partial charge on any atom is -0.423 e. The molecule has 0 saturated heterocycles. The Bertz CT molecular complexity index is 697. The van der Waals surface area contributed by atoms with Gasteiger partial charge in [0.05, 0.1) is 5.69 Å². The molecule has 0 radical (unpaired) electrons. The molecule has 0 unspecified atom stereocenters. The maximum absolute atomic E-state index is 9.72. The number of rotatable bonds is 2. The molecule has 0 aliphatic carbocycles. The average Bonchev–Trinajstić information content (AvgIpc) is 2.45. The number of pyridine rings is 1. The van der Waals surface area contributed by atoms with Gasteiger partial charge in [-0.1, -0.05) is 59.7 Å². The van der Waals surface area contributed by atoms with E-state index in [2.05, 4.69) is 41.5 Å². The Morgan fingerprint density at radius 1 is 0.870 bits per heavy atom. The van der Waals surface area contributed by atoms with Crippen LogP contribution in [0.2, 0.25) is 0 Å². The van der Waals surface area contributed by atoms with E-state index in [4.69, 9.17) is 4.98 Å². The molecule has 1 heterocycles. The number of hydrogen-bond acceptors (Lipinski definition) is 3. The van der Waals surface area contributed by atoms with E-state index in [1.165, 1.54) is 0 Å². The summed E-state index contributed by atoms with van der Waals surface area (Å²) in [6.45, 7) is 12.8. The van der Waals surface area contributed by atoms with Crippen LogP contribution in [0.25, 0.3) is 11.3 Å². The van der Waals surface area contributed by atoms with E-state index in [1.807, 2.05) is 30.3 Å². The lowest BCUT2D eigenvalue weighted by atomic mass is 9.73. The third-order valence-electron chi connectivity index (χ3n) is 3.99. The van der Waals surface area contributed by atoms with Gasteiger partial charge in [0.2, 0.25) is 0 Å². The molecule has 1 aromatic carbocycles. The molecule has 0 saturated carbocycles. The van der Waals surface area contributed by atoms with Crippen LogP contribution in [-0.2, 0) is 10.8 Å². The van der Waals surface area contributed by atoms with Crippen molar-refractivity contribution in [3.8, 4) is 11.3 Å². The fourth-order valence-corrected chi connectivity index (χ4v) is 2.47. The summed E-state index contributed by atoms with van der Waals surface area (Å²) in [7, 11) is -1.51. The van der Waals surface area contributed by atoms with Crippen molar-refractivity contribution in [1.29, 1.82) is 0 Å². The van der Waals surface area contributed by atoms with Gasteiger partial charge in [0.25, 0.3) is 0 Å². The van der Waals surface area contributed by atoms with E-state index in [1.54, 1.807) is 6.07 Å². The van der Waals surface area contributed by atoms with Gasteiger partial charge in [-0.25, -0.2) is 0 Å². The minimum absolute atomic E-state index is 0.0185. The Morgan fingerprint density at radius 3 is 2.04 bits per heavy atom. The fraction of sp³-hybridized carbons (Fsp3) is 0.421. The van der Waals surface area contributed by atoms with Crippen molar-refractivity contribution in [3.05, 3.63) is 47.7 Å². The highest BCUT2D eigenvalue weighted by Gasteiger charge is 2.23. The Hall–Kier alpha value is -1.65. The van der Waals surface area contributed by atoms with Crippen LogP contribution in [0.3, 0.4) is 0 Å². The van der Waals surface area contributed by atoms with Crippen molar-refractivity contribution < 1.29 is 10.0 Å². The number of nitrogens with zero attached hydrogens (tertiary/aromatic N) is 1. The van der Waals surface area contributed by atoms with Crippen LogP contribution in [0.5, 0.6) is 0 Å². The van der Waals surface area contributed by atoms with Crippen molar-refractivity contribution in [2.75, 3.05) is 0 Å². The molecule has 3 nitrogen and oxygen atoms in total. The first kappa shape index (κ1) is 17.7. The summed E-state index contributed by atoms with van der Waals surface area (Å²) in [5, 5.41) is 19.4. The maximum atomic E-state index is 9.72. The Balaban J connectivity index is 2.65. The zero-order valence-corrected chi connectivity index (χ0v) is 14.9. The molecule has 2 N–H and O–H groups in total. The van der Waals surface area contributed by atoms with E-state index in [0.717, 1.165) is 22.5 Å². The molecule has 2 rings (SSSR count). The predicted octanol–water partition coefficient (Wildman–Crippen LogP) is 3.02. The van der Waals surface area contributed by atoms with Gasteiger partial charge in [0, 0.05) is 16.7 Å². The summed E-state index contributed by atoms with van der Waals surface area (Å²) >= 11 is 0. The second-order valence-electron chi connectivity index (χ2n) is 8.08. The second kappa shape index (κ2) is 6.10. The van der Waals surface area contributed by atoms with E-state index in [-0.39, 0.29) is 10.8 Å². The molecular weight excluding hydrogens is 285 g/mol. The van der Waals surface area contributed by atoms with Gasteiger partial charge in [0.15, 0.2) is 0 Å². The summed E-state index contributed by atoms with van der Waals surface area (Å²) in [5.74, 6) is 0. The van der Waals surface area contributed by atoms with Gasteiger partial charge in [0.1, 0.15) is 0 Å². The van der Waals surface area contributed by atoms with Crippen LogP contribution in [-0.4, -0.2) is 22.2 Å². The lowest BCUT2D eigenvalue weighted by molar-refractivity contribution is 0.426. The van der Waals surface area contributed by atoms with Crippen molar-refractivity contribution in [1.82, 2.24) is 4.98 Å². The number of hydrogen-bond donors (Lipinski definition) is 2. The quantitative estimate of drug-likeness (QED) is 0.838. The highest BCUT2D eigenvalue weighted by atomic mass is 16.4. The van der Waals surface area contributed by atoms with Crippen molar-refractivity contribution in [3.63, 3.8) is 0 Å². The highest BCUT2D eigenvalue weighted by Crippen LogP contribution is 2.28. The number of aromatic nitrogens is 1. The first-order chi connectivity index (χ1) is 10.5. The van der Waals surface area contributed by atoms with Crippen molar-refractivity contribution in [2.45, 2.75) is 52.4 Å². The first-order valence-corrected chi connectivity index (χ1v) is 7.98. The molecule has 0 aliphatic heterocycles. The predicted molar refractivity (Wildman–Crippen MR) is 96.9 cm³/mol. The van der Waals surface area contributed by atoms with Gasteiger partial charge in [-0.2, -0.15) is 0 Å². The normalized spacial score (nSPS) is 12.3. The molecule has 0 fully saturated rings. The monoisotopic (exact) mass is 311 g/mol. The molecule has 1 aromatic heterocycles. The van der Waals surface area contributed by atoms with Crippen molar-refractivity contribution >= 4 is 12.6 Å². The van der Waals surface area contributed by atoms with E-state index in [9.17, 15) is 10.0 Å². The SMILES string of the molecule is CC(C)(C)c1ccc(B(O)O)c(-c2cccc(C(C)(C)C)n2)c1. The zero-order chi connectivity index (χ0) is 17.4. The van der Waals surface area contributed by atoms with Crippen LogP contribution in [0, 0.1) is 0 Å². The smallest absolute Gasteiger partial charge is 0.423 e. The lowest BCUT2D eigenvalue weighted by Gasteiger charge is -2.22. The lowest BCUT2D eigenvalue weighted by Crippen LogP contribution is -2.32. The van der Waals surface area contributed by atoms with Crippen LogP contribution in [0.4, 0.5) is 0 Å². The Labute approximate surface area is 139 Å².